The van der Waals surface area contributed by atoms with E-state index in [0.717, 1.165) is 15.4 Å². The predicted octanol–water partition coefficient (Wildman–Crippen LogP) is 3.52. The lowest BCUT2D eigenvalue weighted by atomic mass is 10.2. The molecule has 0 bridgehead atoms. The Balaban J connectivity index is 1.60. The molecule has 0 spiro atoms. The number of hydrogen-bond donors (Lipinski definition) is 2. The number of benzene rings is 2. The van der Waals surface area contributed by atoms with Gasteiger partial charge < -0.3 is 10.1 Å². The molecular formula is C18H15BrN6O2S2. The summed E-state index contributed by atoms with van der Waals surface area (Å²) in [4.78, 5) is 9.10. The van der Waals surface area contributed by atoms with E-state index in [4.69, 9.17) is 9.88 Å². The van der Waals surface area contributed by atoms with E-state index < -0.39 is 9.71 Å². The van der Waals surface area contributed by atoms with Crippen LogP contribution in [0.25, 0.3) is 10.9 Å². The van der Waals surface area contributed by atoms with Crippen molar-refractivity contribution in [1.29, 1.82) is 0 Å². The normalized spacial score (nSPS) is 13.2. The molecule has 148 valence electrons. The van der Waals surface area contributed by atoms with Crippen molar-refractivity contribution in [3.05, 3.63) is 58.3 Å². The summed E-state index contributed by atoms with van der Waals surface area (Å²) in [7, 11) is -2.77. The fourth-order valence-electron chi connectivity index (χ4n) is 2.61. The monoisotopic (exact) mass is 490 g/mol. The van der Waals surface area contributed by atoms with E-state index in [0.29, 0.717) is 27.1 Å². The molecule has 0 saturated carbocycles. The minimum absolute atomic E-state index is 0.272. The number of nitrogens with two attached hydrogens (primary N) is 1. The maximum atomic E-state index is 12.0. The molecule has 29 heavy (non-hydrogen) atoms. The first kappa shape index (κ1) is 19.7. The average Bonchev–Trinajstić information content (AvgIpc) is 3.20. The van der Waals surface area contributed by atoms with Crippen LogP contribution in [0.3, 0.4) is 0 Å². The van der Waals surface area contributed by atoms with Crippen molar-refractivity contribution in [3.63, 3.8) is 0 Å². The summed E-state index contributed by atoms with van der Waals surface area (Å²) < 4.78 is 18.6. The molecule has 4 rings (SSSR count). The van der Waals surface area contributed by atoms with Crippen LogP contribution in [0.1, 0.15) is 5.56 Å². The highest BCUT2D eigenvalue weighted by Crippen LogP contribution is 2.33. The fraction of sp³-hybridized carbons (Fsp3) is 0.0556. The molecule has 0 aliphatic rings. The molecule has 0 radical (unpaired) electrons. The van der Waals surface area contributed by atoms with Gasteiger partial charge in [-0.15, -0.1) is 10.2 Å². The highest BCUT2D eigenvalue weighted by Gasteiger charge is 2.11. The highest BCUT2D eigenvalue weighted by molar-refractivity contribution is 9.10. The van der Waals surface area contributed by atoms with E-state index in [-0.39, 0.29) is 6.61 Å². The number of hydrogen-bond acceptors (Lipinski definition) is 8. The molecule has 0 fully saturated rings. The number of fused-ring (bicyclic) bond motifs is 1. The Hall–Kier alpha value is -2.60. The number of ether oxygens (including phenoxy) is 1. The average molecular weight is 491 g/mol. The van der Waals surface area contributed by atoms with Gasteiger partial charge in [0.2, 0.25) is 5.13 Å². The van der Waals surface area contributed by atoms with Gasteiger partial charge in [-0.2, -0.15) is 0 Å². The Morgan fingerprint density at radius 2 is 2.14 bits per heavy atom. The Labute approximate surface area is 179 Å². The molecule has 8 nitrogen and oxygen atoms in total. The van der Waals surface area contributed by atoms with Crippen LogP contribution in [0.15, 0.2) is 57.6 Å². The van der Waals surface area contributed by atoms with Crippen LogP contribution in [-0.2, 0) is 16.3 Å². The van der Waals surface area contributed by atoms with Crippen molar-refractivity contribution in [2.75, 3.05) is 5.32 Å². The predicted molar refractivity (Wildman–Crippen MR) is 119 cm³/mol. The van der Waals surface area contributed by atoms with Crippen molar-refractivity contribution in [1.82, 2.24) is 20.2 Å². The Kier molecular flexibility index (Phi) is 5.46. The standard InChI is InChI=1S/C18H15BrN6O2S2/c1-29(20,26)12-4-2-3-11(5-12)8-27-16-7-15-13(6-14(16)19)17(22-9-21-15)24-18-25-23-10-28-18/h2-7,9-10H,1,8H2,(H2,20,26)(H,21,22,24,25). The Bertz CT molecular complexity index is 1280. The fourth-order valence-corrected chi connectivity index (χ4v) is 4.17. The zero-order valence-corrected chi connectivity index (χ0v) is 18.1. The van der Waals surface area contributed by atoms with E-state index in [1.807, 2.05) is 18.2 Å². The molecule has 0 amide bonds. The Morgan fingerprint density at radius 1 is 1.28 bits per heavy atom. The van der Waals surface area contributed by atoms with Gasteiger partial charge in [0.05, 0.1) is 19.7 Å². The second-order valence-corrected chi connectivity index (χ2v) is 9.66. The van der Waals surface area contributed by atoms with Crippen LogP contribution in [0, 0.1) is 0 Å². The summed E-state index contributed by atoms with van der Waals surface area (Å²) in [5, 5.41) is 18.0. The van der Waals surface area contributed by atoms with Gasteiger partial charge in [0, 0.05) is 16.3 Å². The lowest BCUT2D eigenvalue weighted by Crippen LogP contribution is -2.12. The first-order valence-corrected chi connectivity index (χ1v) is 11.7. The molecule has 1 atom stereocenters. The van der Waals surface area contributed by atoms with Crippen LogP contribution < -0.4 is 15.2 Å². The minimum atomic E-state index is -2.77. The smallest absolute Gasteiger partial charge is 0.211 e. The molecule has 0 aliphatic heterocycles. The number of halogens is 1. The summed E-state index contributed by atoms with van der Waals surface area (Å²) in [5.74, 6) is 4.75. The van der Waals surface area contributed by atoms with Gasteiger partial charge in [0.1, 0.15) is 30.0 Å². The van der Waals surface area contributed by atoms with Gasteiger partial charge in [-0.3, -0.25) is 5.14 Å². The summed E-state index contributed by atoms with van der Waals surface area (Å²) in [6, 6.07) is 10.8. The summed E-state index contributed by atoms with van der Waals surface area (Å²) in [6.45, 7) is 0.272. The number of nitrogens with one attached hydrogen (secondary N) is 1. The van der Waals surface area contributed by atoms with Gasteiger partial charge in [0.15, 0.2) is 0 Å². The van der Waals surface area contributed by atoms with Gasteiger partial charge in [-0.1, -0.05) is 23.5 Å². The molecule has 4 aromatic rings. The van der Waals surface area contributed by atoms with E-state index in [1.165, 1.54) is 17.7 Å². The molecule has 3 N–H and O–H groups in total. The SMILES string of the molecule is C=S(N)(=O)c1cccc(COc2cc3ncnc(Nc4nncs4)c3cc2Br)c1. The van der Waals surface area contributed by atoms with Gasteiger partial charge in [-0.05, 0) is 45.6 Å². The first-order chi connectivity index (χ1) is 13.9. The number of rotatable bonds is 6. The number of aromatic nitrogens is 4. The molecular weight excluding hydrogens is 476 g/mol. The third-order valence-corrected chi connectivity index (χ3v) is 6.24. The van der Waals surface area contributed by atoms with Crippen molar-refractivity contribution in [2.45, 2.75) is 11.5 Å². The molecule has 2 heterocycles. The summed E-state index contributed by atoms with van der Waals surface area (Å²) in [5.41, 5.74) is 3.18. The highest BCUT2D eigenvalue weighted by atomic mass is 79.9. The zero-order chi connectivity index (χ0) is 20.4. The van der Waals surface area contributed by atoms with Gasteiger partial charge in [-0.25, -0.2) is 14.2 Å². The number of anilines is 2. The summed E-state index contributed by atoms with van der Waals surface area (Å²) in [6.07, 6.45) is 1.47. The van der Waals surface area contributed by atoms with Crippen LogP contribution >= 0.6 is 27.3 Å². The third kappa shape index (κ3) is 4.53. The molecule has 0 saturated heterocycles. The maximum absolute atomic E-state index is 12.0. The largest absolute Gasteiger partial charge is 0.488 e. The lowest BCUT2D eigenvalue weighted by molar-refractivity contribution is 0.304. The first-order valence-electron chi connectivity index (χ1n) is 8.24. The molecule has 1 unspecified atom stereocenters. The van der Waals surface area contributed by atoms with Crippen LogP contribution in [0.5, 0.6) is 5.75 Å². The van der Waals surface area contributed by atoms with Crippen molar-refractivity contribution >= 4 is 64.7 Å². The van der Waals surface area contributed by atoms with Gasteiger partial charge in [0.25, 0.3) is 0 Å². The van der Waals surface area contributed by atoms with E-state index in [1.54, 1.807) is 23.7 Å². The molecule has 0 aliphatic carbocycles. The van der Waals surface area contributed by atoms with E-state index in [2.05, 4.69) is 47.3 Å². The van der Waals surface area contributed by atoms with E-state index in [9.17, 15) is 4.21 Å². The maximum Gasteiger partial charge on any atom is 0.211 e. The molecule has 2 aromatic carbocycles. The van der Waals surface area contributed by atoms with Crippen LogP contribution in [0.4, 0.5) is 10.9 Å². The van der Waals surface area contributed by atoms with Crippen molar-refractivity contribution in [2.24, 2.45) is 5.14 Å². The lowest BCUT2D eigenvalue weighted by Gasteiger charge is -2.12. The topological polar surface area (TPSA) is 116 Å². The van der Waals surface area contributed by atoms with Gasteiger partial charge >= 0.3 is 0 Å². The number of nitrogens with zero attached hydrogens (tertiary/aromatic N) is 4. The molecule has 2 aromatic heterocycles. The minimum Gasteiger partial charge on any atom is -0.488 e. The molecule has 11 heteroatoms. The quantitative estimate of drug-likeness (QED) is 0.397. The van der Waals surface area contributed by atoms with Crippen molar-refractivity contribution in [3.8, 4) is 5.75 Å². The zero-order valence-electron chi connectivity index (χ0n) is 14.9. The summed E-state index contributed by atoms with van der Waals surface area (Å²) >= 11 is 4.92. The second-order valence-electron chi connectivity index (χ2n) is 6.05. The van der Waals surface area contributed by atoms with Crippen LogP contribution in [0.2, 0.25) is 0 Å². The Morgan fingerprint density at radius 3 is 2.90 bits per heavy atom. The van der Waals surface area contributed by atoms with E-state index >= 15 is 0 Å². The van der Waals surface area contributed by atoms with Crippen molar-refractivity contribution < 1.29 is 8.95 Å². The third-order valence-electron chi connectivity index (χ3n) is 3.97. The second kappa shape index (κ2) is 8.03. The van der Waals surface area contributed by atoms with Crippen LogP contribution in [-0.4, -0.2) is 30.2 Å².